The molecule has 0 bridgehead atoms. The topological polar surface area (TPSA) is 37.3 Å². The van der Waals surface area contributed by atoms with E-state index in [1.54, 1.807) is 38.1 Å². The van der Waals surface area contributed by atoms with Gasteiger partial charge in [0.2, 0.25) is 0 Å². The first-order chi connectivity index (χ1) is 6.50. The lowest BCUT2D eigenvalue weighted by atomic mass is 9.82. The molecule has 0 spiro atoms. The third-order valence-electron chi connectivity index (χ3n) is 2.37. The van der Waals surface area contributed by atoms with Crippen LogP contribution in [-0.2, 0) is 16.9 Å². The minimum Gasteiger partial charge on any atom is -0.481 e. The van der Waals surface area contributed by atoms with Crippen molar-refractivity contribution in [3.8, 4) is 0 Å². The van der Waals surface area contributed by atoms with Crippen molar-refractivity contribution in [3.05, 3.63) is 35.4 Å². The fourth-order valence-corrected chi connectivity index (χ4v) is 1.36. The largest absolute Gasteiger partial charge is 0.481 e. The summed E-state index contributed by atoms with van der Waals surface area (Å²) < 4.78 is 12.6. The van der Waals surface area contributed by atoms with Gasteiger partial charge >= 0.3 is 5.97 Å². The number of carbonyl (C=O) groups is 1. The molecule has 0 fully saturated rings. The first kappa shape index (κ1) is 10.7. The maximum Gasteiger partial charge on any atom is 0.313 e. The molecule has 0 aliphatic heterocycles. The van der Waals surface area contributed by atoms with E-state index in [4.69, 9.17) is 5.11 Å². The average Bonchev–Trinajstić information content (AvgIpc) is 2.17. The van der Waals surface area contributed by atoms with Gasteiger partial charge in [-0.05, 0) is 25.0 Å². The van der Waals surface area contributed by atoms with Gasteiger partial charge in [0, 0.05) is 0 Å². The van der Waals surface area contributed by atoms with Crippen molar-refractivity contribution >= 4 is 5.97 Å². The van der Waals surface area contributed by atoms with Crippen molar-refractivity contribution < 1.29 is 14.3 Å². The van der Waals surface area contributed by atoms with Gasteiger partial charge in [-0.2, -0.15) is 0 Å². The molecule has 76 valence electrons. The van der Waals surface area contributed by atoms with E-state index in [1.807, 2.05) is 0 Å². The number of hydrogen-bond donors (Lipinski definition) is 1. The number of carboxylic acid groups (broad SMARTS) is 1. The predicted octanol–water partition coefficient (Wildman–Crippen LogP) is 2.52. The Morgan fingerprint density at radius 3 is 2.50 bits per heavy atom. The van der Waals surface area contributed by atoms with E-state index in [1.165, 1.54) is 0 Å². The molecule has 0 aromatic heterocycles. The molecule has 0 amide bonds. The van der Waals surface area contributed by atoms with Crippen molar-refractivity contribution in [2.45, 2.75) is 25.9 Å². The Balaban J connectivity index is 3.24. The summed E-state index contributed by atoms with van der Waals surface area (Å²) in [7, 11) is 0. The Morgan fingerprint density at radius 2 is 2.00 bits per heavy atom. The van der Waals surface area contributed by atoms with Crippen molar-refractivity contribution in [3.63, 3.8) is 0 Å². The average molecular weight is 196 g/mol. The molecule has 0 saturated carbocycles. The van der Waals surface area contributed by atoms with Crippen molar-refractivity contribution in [1.29, 1.82) is 0 Å². The van der Waals surface area contributed by atoms with Gasteiger partial charge in [-0.25, -0.2) is 4.39 Å². The Labute approximate surface area is 82.4 Å². The molecule has 1 aromatic rings. The Hall–Kier alpha value is -1.38. The van der Waals surface area contributed by atoms with Gasteiger partial charge in [0.05, 0.1) is 5.41 Å². The highest BCUT2D eigenvalue weighted by molar-refractivity contribution is 5.80. The van der Waals surface area contributed by atoms with Gasteiger partial charge in [-0.3, -0.25) is 4.79 Å². The third-order valence-corrected chi connectivity index (χ3v) is 2.37. The van der Waals surface area contributed by atoms with Crippen molar-refractivity contribution in [2.75, 3.05) is 0 Å². The first-order valence-electron chi connectivity index (χ1n) is 4.38. The SMILES string of the molecule is CC(C)(C(=O)O)c1ccccc1CF. The molecule has 0 aliphatic rings. The van der Waals surface area contributed by atoms with Crippen LogP contribution in [0.1, 0.15) is 25.0 Å². The maximum absolute atomic E-state index is 12.6. The van der Waals surface area contributed by atoms with Crippen LogP contribution in [0.3, 0.4) is 0 Å². The standard InChI is InChI=1S/C11H13FO2/c1-11(2,10(13)14)9-6-4-3-5-8(9)7-12/h3-6H,7H2,1-2H3,(H,13,14). The van der Waals surface area contributed by atoms with Gasteiger partial charge < -0.3 is 5.11 Å². The van der Waals surface area contributed by atoms with Crippen LogP contribution in [0.25, 0.3) is 0 Å². The molecule has 0 unspecified atom stereocenters. The van der Waals surface area contributed by atoms with Crippen LogP contribution in [0, 0.1) is 0 Å². The monoisotopic (exact) mass is 196 g/mol. The number of halogens is 1. The maximum atomic E-state index is 12.6. The summed E-state index contributed by atoms with van der Waals surface area (Å²) in [5, 5.41) is 8.99. The number of rotatable bonds is 3. The zero-order valence-electron chi connectivity index (χ0n) is 8.25. The molecule has 14 heavy (non-hydrogen) atoms. The van der Waals surface area contributed by atoms with Crippen LogP contribution < -0.4 is 0 Å². The molecule has 1 aromatic carbocycles. The fourth-order valence-electron chi connectivity index (χ4n) is 1.36. The fraction of sp³-hybridized carbons (Fsp3) is 0.364. The van der Waals surface area contributed by atoms with E-state index < -0.39 is 18.1 Å². The predicted molar refractivity (Wildman–Crippen MR) is 51.9 cm³/mol. The molecule has 1 N–H and O–H groups in total. The van der Waals surface area contributed by atoms with Crippen molar-refractivity contribution in [2.24, 2.45) is 0 Å². The lowest BCUT2D eigenvalue weighted by Gasteiger charge is -2.21. The Bertz CT molecular complexity index is 345. The highest BCUT2D eigenvalue weighted by Crippen LogP contribution is 2.27. The van der Waals surface area contributed by atoms with Crippen LogP contribution in [-0.4, -0.2) is 11.1 Å². The summed E-state index contributed by atoms with van der Waals surface area (Å²) in [4.78, 5) is 11.0. The number of carboxylic acids is 1. The quantitative estimate of drug-likeness (QED) is 0.806. The Morgan fingerprint density at radius 1 is 1.43 bits per heavy atom. The summed E-state index contributed by atoms with van der Waals surface area (Å²) >= 11 is 0. The molecule has 0 aliphatic carbocycles. The van der Waals surface area contributed by atoms with Crippen LogP contribution in [0.5, 0.6) is 0 Å². The minimum absolute atomic E-state index is 0.444. The summed E-state index contributed by atoms with van der Waals surface area (Å²) in [6.45, 7) is 2.51. The highest BCUT2D eigenvalue weighted by atomic mass is 19.1. The van der Waals surface area contributed by atoms with E-state index in [2.05, 4.69) is 0 Å². The normalized spacial score (nSPS) is 11.4. The third kappa shape index (κ3) is 1.76. The lowest BCUT2D eigenvalue weighted by molar-refractivity contribution is -0.142. The summed E-state index contributed by atoms with van der Waals surface area (Å²) in [6, 6.07) is 6.69. The second-order valence-electron chi connectivity index (χ2n) is 3.72. The summed E-state index contributed by atoms with van der Waals surface area (Å²) in [6.07, 6.45) is 0. The molecule has 0 atom stereocenters. The van der Waals surface area contributed by atoms with Gasteiger partial charge in [-0.15, -0.1) is 0 Å². The molecule has 0 saturated heterocycles. The van der Waals surface area contributed by atoms with E-state index in [0.29, 0.717) is 11.1 Å². The number of hydrogen-bond acceptors (Lipinski definition) is 1. The van der Waals surface area contributed by atoms with E-state index >= 15 is 0 Å². The second kappa shape index (κ2) is 3.78. The van der Waals surface area contributed by atoms with Gasteiger partial charge in [-0.1, -0.05) is 24.3 Å². The minimum atomic E-state index is -1.04. The molecular formula is C11H13FO2. The number of alkyl halides is 1. The highest BCUT2D eigenvalue weighted by Gasteiger charge is 2.31. The van der Waals surface area contributed by atoms with E-state index in [0.717, 1.165) is 0 Å². The molecule has 0 heterocycles. The van der Waals surface area contributed by atoms with Crippen LogP contribution in [0.2, 0.25) is 0 Å². The second-order valence-corrected chi connectivity index (χ2v) is 3.72. The zero-order chi connectivity index (χ0) is 10.8. The first-order valence-corrected chi connectivity index (χ1v) is 4.38. The molecule has 3 heteroatoms. The summed E-state index contributed by atoms with van der Waals surface area (Å²) in [5.41, 5.74) is -0.0576. The smallest absolute Gasteiger partial charge is 0.313 e. The van der Waals surface area contributed by atoms with Crippen LogP contribution >= 0.6 is 0 Å². The van der Waals surface area contributed by atoms with Gasteiger partial charge in [0.15, 0.2) is 0 Å². The molecular weight excluding hydrogens is 183 g/mol. The molecule has 0 radical (unpaired) electrons. The number of aliphatic carboxylic acids is 1. The van der Waals surface area contributed by atoms with Gasteiger partial charge in [0.25, 0.3) is 0 Å². The van der Waals surface area contributed by atoms with E-state index in [9.17, 15) is 9.18 Å². The number of benzene rings is 1. The summed E-state index contributed by atoms with van der Waals surface area (Å²) in [5.74, 6) is -0.946. The van der Waals surface area contributed by atoms with Crippen LogP contribution in [0.4, 0.5) is 4.39 Å². The molecule has 2 nitrogen and oxygen atoms in total. The van der Waals surface area contributed by atoms with Crippen LogP contribution in [0.15, 0.2) is 24.3 Å². The van der Waals surface area contributed by atoms with Crippen molar-refractivity contribution in [1.82, 2.24) is 0 Å². The lowest BCUT2D eigenvalue weighted by Crippen LogP contribution is -2.29. The molecule has 1 rings (SSSR count). The van der Waals surface area contributed by atoms with E-state index in [-0.39, 0.29) is 0 Å². The van der Waals surface area contributed by atoms with Gasteiger partial charge in [0.1, 0.15) is 6.67 Å². The Kier molecular flexibility index (Phi) is 2.89. The zero-order valence-corrected chi connectivity index (χ0v) is 8.25.